The van der Waals surface area contributed by atoms with Gasteiger partial charge in [-0.25, -0.2) is 0 Å². The molecule has 0 aromatic rings. The molecule has 0 aromatic heterocycles. The topological polar surface area (TPSA) is 0 Å². The van der Waals surface area contributed by atoms with Crippen LogP contribution in [-0.2, 0) is 0 Å². The van der Waals surface area contributed by atoms with E-state index in [9.17, 15) is 0 Å². The summed E-state index contributed by atoms with van der Waals surface area (Å²) < 4.78 is 0. The zero-order valence-corrected chi connectivity index (χ0v) is 15.9. The van der Waals surface area contributed by atoms with Crippen LogP contribution in [0.4, 0.5) is 0 Å². The lowest BCUT2D eigenvalue weighted by Gasteiger charge is -2.63. The fourth-order valence-corrected chi connectivity index (χ4v) is 6.30. The van der Waals surface area contributed by atoms with Gasteiger partial charge in [-0.1, -0.05) is 61.8 Å². The fourth-order valence-electron chi connectivity index (χ4n) is 6.30. The van der Waals surface area contributed by atoms with Crippen molar-refractivity contribution in [3.63, 3.8) is 0 Å². The van der Waals surface area contributed by atoms with Gasteiger partial charge in [0.1, 0.15) is 0 Å². The molecule has 0 aromatic carbocycles. The molecule has 0 amide bonds. The minimum Gasteiger partial charge on any atom is -0.0651 e. The Bertz CT molecular complexity index is 344. The second kappa shape index (κ2) is 6.25. The van der Waals surface area contributed by atoms with Crippen LogP contribution < -0.4 is 0 Å². The molecule has 3 rings (SSSR count). The van der Waals surface area contributed by atoms with Crippen molar-refractivity contribution >= 4 is 0 Å². The molecular weight excluding hydrogens is 252 g/mol. The third-order valence-corrected chi connectivity index (χ3v) is 8.41. The van der Waals surface area contributed by atoms with Crippen LogP contribution in [-0.4, -0.2) is 0 Å². The maximum atomic E-state index is 2.66. The fraction of sp³-hybridized carbons (Fsp3) is 1.00. The first kappa shape index (κ1) is 17.4. The minimum absolute atomic E-state index is 0.605. The van der Waals surface area contributed by atoms with Gasteiger partial charge >= 0.3 is 0 Å². The van der Waals surface area contributed by atoms with Gasteiger partial charge in [0.2, 0.25) is 0 Å². The van der Waals surface area contributed by atoms with Crippen molar-refractivity contribution in [1.82, 2.24) is 0 Å². The van der Waals surface area contributed by atoms with Crippen molar-refractivity contribution in [3.8, 4) is 0 Å². The monoisotopic (exact) mass is 292 g/mol. The average Bonchev–Trinajstić information content (AvgIpc) is 2.41. The molecule has 0 N–H and O–H groups in total. The third-order valence-electron chi connectivity index (χ3n) is 8.41. The Balaban J connectivity index is 2.17. The van der Waals surface area contributed by atoms with Crippen LogP contribution in [0.1, 0.15) is 81.1 Å². The molecule has 0 spiro atoms. The predicted molar refractivity (Wildman–Crippen MR) is 94.2 cm³/mol. The highest BCUT2D eigenvalue weighted by Crippen LogP contribution is 2.64. The lowest BCUT2D eigenvalue weighted by Crippen LogP contribution is -2.55. The van der Waals surface area contributed by atoms with E-state index in [-0.39, 0.29) is 0 Å². The minimum atomic E-state index is 0.605. The summed E-state index contributed by atoms with van der Waals surface area (Å²) in [6.45, 7) is 20.0. The summed E-state index contributed by atoms with van der Waals surface area (Å²) in [5, 5.41) is 0. The summed E-state index contributed by atoms with van der Waals surface area (Å²) in [5.74, 6) is 7.42. The van der Waals surface area contributed by atoms with Crippen molar-refractivity contribution in [2.24, 2.45) is 52.8 Å². The predicted octanol–water partition coefficient (Wildman–Crippen LogP) is 6.65. The summed E-state index contributed by atoms with van der Waals surface area (Å²) in [6, 6.07) is 0. The van der Waals surface area contributed by atoms with Gasteiger partial charge in [-0.2, -0.15) is 0 Å². The molecule has 2 bridgehead atoms. The molecule has 3 aliphatic carbocycles. The van der Waals surface area contributed by atoms with E-state index in [1.807, 2.05) is 0 Å². The standard InChI is InChI=1S/C21H40/c1-9-20-17(7)18-11-15(5)21(20,8)19(12-18)10-14(4)16(6)13(2)3/h13-20H,9-12H2,1-8H3. The molecule has 0 heteroatoms. The molecule has 3 fully saturated rings. The highest BCUT2D eigenvalue weighted by atomic mass is 14.6. The van der Waals surface area contributed by atoms with Crippen LogP contribution in [0, 0.1) is 52.8 Å². The van der Waals surface area contributed by atoms with Gasteiger partial charge in [0, 0.05) is 0 Å². The quantitative estimate of drug-likeness (QED) is 0.532. The van der Waals surface area contributed by atoms with Crippen LogP contribution >= 0.6 is 0 Å². The Hall–Kier alpha value is 0. The number of hydrogen-bond acceptors (Lipinski definition) is 0. The van der Waals surface area contributed by atoms with E-state index in [1.54, 1.807) is 0 Å². The molecule has 0 heterocycles. The molecule has 8 atom stereocenters. The molecule has 0 saturated heterocycles. The van der Waals surface area contributed by atoms with E-state index in [0.29, 0.717) is 5.41 Å². The van der Waals surface area contributed by atoms with Crippen molar-refractivity contribution in [2.45, 2.75) is 81.1 Å². The van der Waals surface area contributed by atoms with Gasteiger partial charge in [0.05, 0.1) is 0 Å². The van der Waals surface area contributed by atoms with Crippen molar-refractivity contribution in [3.05, 3.63) is 0 Å². The SMILES string of the molecule is CCC1C(C)C2CC(C)C1(C)C(CC(C)C(C)C(C)C)C2. The summed E-state index contributed by atoms with van der Waals surface area (Å²) >= 11 is 0. The lowest BCUT2D eigenvalue weighted by atomic mass is 9.42. The first-order valence-corrected chi connectivity index (χ1v) is 9.73. The summed E-state index contributed by atoms with van der Waals surface area (Å²) in [6.07, 6.45) is 5.88. The van der Waals surface area contributed by atoms with Crippen LogP contribution in [0.2, 0.25) is 0 Å². The number of hydrogen-bond donors (Lipinski definition) is 0. The van der Waals surface area contributed by atoms with Crippen LogP contribution in [0.15, 0.2) is 0 Å². The summed E-state index contributed by atoms with van der Waals surface area (Å²) in [7, 11) is 0. The average molecular weight is 293 g/mol. The van der Waals surface area contributed by atoms with Gasteiger partial charge in [0.15, 0.2) is 0 Å². The van der Waals surface area contributed by atoms with Gasteiger partial charge in [-0.05, 0) is 72.0 Å². The Morgan fingerprint density at radius 2 is 1.67 bits per heavy atom. The van der Waals surface area contributed by atoms with Crippen molar-refractivity contribution in [2.75, 3.05) is 0 Å². The van der Waals surface area contributed by atoms with E-state index in [1.165, 1.54) is 25.7 Å². The van der Waals surface area contributed by atoms with E-state index in [4.69, 9.17) is 0 Å². The first-order chi connectivity index (χ1) is 9.73. The van der Waals surface area contributed by atoms with E-state index in [2.05, 4.69) is 55.4 Å². The van der Waals surface area contributed by atoms with Gasteiger partial charge in [0.25, 0.3) is 0 Å². The molecule has 0 aliphatic heterocycles. The van der Waals surface area contributed by atoms with Gasteiger partial charge in [-0.3, -0.25) is 0 Å². The Morgan fingerprint density at radius 1 is 1.05 bits per heavy atom. The largest absolute Gasteiger partial charge is 0.0651 e. The molecule has 3 aliphatic rings. The van der Waals surface area contributed by atoms with Gasteiger partial charge < -0.3 is 0 Å². The Morgan fingerprint density at radius 3 is 2.19 bits per heavy atom. The van der Waals surface area contributed by atoms with Crippen LogP contribution in [0.3, 0.4) is 0 Å². The molecule has 0 radical (unpaired) electrons. The molecule has 124 valence electrons. The van der Waals surface area contributed by atoms with Crippen LogP contribution in [0.25, 0.3) is 0 Å². The van der Waals surface area contributed by atoms with E-state index in [0.717, 1.165) is 47.3 Å². The maximum absolute atomic E-state index is 2.66. The van der Waals surface area contributed by atoms with Crippen molar-refractivity contribution in [1.29, 1.82) is 0 Å². The second-order valence-electron chi connectivity index (χ2n) is 9.39. The number of fused-ring (bicyclic) bond motifs is 3. The molecular formula is C21H40. The zero-order valence-electron chi connectivity index (χ0n) is 15.9. The smallest absolute Gasteiger partial charge is 0.0241 e. The molecule has 3 saturated carbocycles. The lowest BCUT2D eigenvalue weighted by molar-refractivity contribution is -0.139. The summed E-state index contributed by atoms with van der Waals surface area (Å²) in [4.78, 5) is 0. The number of rotatable bonds is 5. The highest BCUT2D eigenvalue weighted by molar-refractivity contribution is 5.05. The Kier molecular flexibility index (Phi) is 5.16. The maximum Gasteiger partial charge on any atom is -0.0241 e. The first-order valence-electron chi connectivity index (χ1n) is 9.73. The van der Waals surface area contributed by atoms with Gasteiger partial charge in [-0.15, -0.1) is 0 Å². The van der Waals surface area contributed by atoms with E-state index >= 15 is 0 Å². The molecule has 8 unspecified atom stereocenters. The summed E-state index contributed by atoms with van der Waals surface area (Å²) in [5.41, 5.74) is 0.605. The second-order valence-corrected chi connectivity index (χ2v) is 9.39. The highest BCUT2D eigenvalue weighted by Gasteiger charge is 2.56. The third kappa shape index (κ3) is 2.81. The van der Waals surface area contributed by atoms with E-state index < -0.39 is 0 Å². The van der Waals surface area contributed by atoms with Crippen LogP contribution in [0.5, 0.6) is 0 Å². The zero-order chi connectivity index (χ0) is 15.9. The Labute approximate surface area is 134 Å². The molecule has 21 heavy (non-hydrogen) atoms. The molecule has 0 nitrogen and oxygen atoms in total. The van der Waals surface area contributed by atoms with Crippen molar-refractivity contribution < 1.29 is 0 Å². The normalized spacial score (nSPS) is 45.9.